The quantitative estimate of drug-likeness (QED) is 0.581. The third-order valence-corrected chi connectivity index (χ3v) is 6.01. The van der Waals surface area contributed by atoms with Gasteiger partial charge >= 0.3 is 5.97 Å². The third-order valence-electron chi connectivity index (χ3n) is 6.01. The summed E-state index contributed by atoms with van der Waals surface area (Å²) < 4.78 is 5.83. The summed E-state index contributed by atoms with van der Waals surface area (Å²) in [5, 5.41) is 12.7. The molecule has 0 aromatic heterocycles. The van der Waals surface area contributed by atoms with E-state index in [-0.39, 0.29) is 31.2 Å². The molecule has 0 unspecified atom stereocenters. The highest BCUT2D eigenvalue weighted by molar-refractivity contribution is 5.85. The molecule has 170 valence electrons. The zero-order valence-corrected chi connectivity index (χ0v) is 19.2. The van der Waals surface area contributed by atoms with E-state index in [1.54, 1.807) is 0 Å². The fraction of sp³-hybridized carbons (Fsp3) is 0.458. The summed E-state index contributed by atoms with van der Waals surface area (Å²) in [4.78, 5) is 13.2. The predicted molar refractivity (Wildman–Crippen MR) is 128 cm³/mol. The van der Waals surface area contributed by atoms with Gasteiger partial charge in [-0.25, -0.2) is 0 Å². The summed E-state index contributed by atoms with van der Waals surface area (Å²) in [6.45, 7) is 3.82. The van der Waals surface area contributed by atoms with Gasteiger partial charge in [0.1, 0.15) is 12.4 Å². The Labute approximate surface area is 197 Å². The molecule has 2 N–H and O–H groups in total. The lowest BCUT2D eigenvalue weighted by Crippen LogP contribution is -2.44. The van der Waals surface area contributed by atoms with Crippen LogP contribution in [-0.2, 0) is 11.2 Å². The fourth-order valence-corrected chi connectivity index (χ4v) is 4.24. The average molecular weight is 467 g/mol. The largest absolute Gasteiger partial charge is 0.492 e. The van der Waals surface area contributed by atoms with Gasteiger partial charge < -0.3 is 15.2 Å². The van der Waals surface area contributed by atoms with Crippen LogP contribution >= 0.6 is 24.8 Å². The molecule has 0 amide bonds. The van der Waals surface area contributed by atoms with Crippen LogP contribution in [0.2, 0.25) is 0 Å². The number of benzene rings is 2. The maximum atomic E-state index is 10.7. The number of nitrogens with one attached hydrogen (secondary N) is 1. The predicted octanol–water partition coefficient (Wildman–Crippen LogP) is 4.15. The molecule has 2 atom stereocenters. The fourth-order valence-electron chi connectivity index (χ4n) is 4.24. The number of carboxylic acids is 1. The van der Waals surface area contributed by atoms with E-state index in [0.717, 1.165) is 30.9 Å². The SMILES string of the molecule is Cl.Cl.O=C(O)Cc1ccc(OCCN2CCC(N[C@@H]3C[C@H]3c3ccccc3)CC2)cc1. The minimum Gasteiger partial charge on any atom is -0.492 e. The maximum Gasteiger partial charge on any atom is 0.307 e. The van der Waals surface area contributed by atoms with Gasteiger partial charge in [0.15, 0.2) is 0 Å². The second kappa shape index (κ2) is 12.3. The van der Waals surface area contributed by atoms with Crippen molar-refractivity contribution in [2.75, 3.05) is 26.2 Å². The standard InChI is InChI=1S/C24H30N2O3.2ClH/c27-24(28)16-18-6-8-21(9-7-18)29-15-14-26-12-10-20(11-13-26)25-23-17-22(23)19-4-2-1-3-5-19;;/h1-9,20,22-23,25H,10-17H2,(H,27,28);2*1H/t22-,23+;;/m0../s1. The van der Waals surface area contributed by atoms with Crippen molar-refractivity contribution in [2.24, 2.45) is 0 Å². The topological polar surface area (TPSA) is 61.8 Å². The number of carbonyl (C=O) groups is 1. The van der Waals surface area contributed by atoms with E-state index in [0.29, 0.717) is 24.6 Å². The van der Waals surface area contributed by atoms with Crippen LogP contribution in [0.5, 0.6) is 5.75 Å². The minimum atomic E-state index is -0.811. The number of nitrogens with zero attached hydrogens (tertiary/aromatic N) is 1. The molecule has 31 heavy (non-hydrogen) atoms. The molecule has 1 aliphatic carbocycles. The van der Waals surface area contributed by atoms with Gasteiger partial charge in [0.2, 0.25) is 0 Å². The molecule has 2 aromatic carbocycles. The van der Waals surface area contributed by atoms with Crippen molar-refractivity contribution < 1.29 is 14.6 Å². The van der Waals surface area contributed by atoms with Crippen molar-refractivity contribution >= 4 is 30.8 Å². The van der Waals surface area contributed by atoms with Crippen LogP contribution in [-0.4, -0.2) is 54.3 Å². The van der Waals surface area contributed by atoms with Crippen molar-refractivity contribution in [3.05, 3.63) is 65.7 Å². The number of aliphatic carboxylic acids is 1. The Morgan fingerprint density at radius 3 is 2.35 bits per heavy atom. The molecule has 1 heterocycles. The lowest BCUT2D eigenvalue weighted by molar-refractivity contribution is -0.136. The van der Waals surface area contributed by atoms with Crippen LogP contribution in [0.3, 0.4) is 0 Å². The number of halogens is 2. The summed E-state index contributed by atoms with van der Waals surface area (Å²) in [5.41, 5.74) is 2.26. The Morgan fingerprint density at radius 2 is 1.71 bits per heavy atom. The molecular weight excluding hydrogens is 435 g/mol. The second-order valence-corrected chi connectivity index (χ2v) is 8.20. The lowest BCUT2D eigenvalue weighted by Gasteiger charge is -2.32. The van der Waals surface area contributed by atoms with Crippen LogP contribution < -0.4 is 10.1 Å². The monoisotopic (exact) mass is 466 g/mol. The van der Waals surface area contributed by atoms with E-state index in [1.165, 1.54) is 24.8 Å². The summed E-state index contributed by atoms with van der Waals surface area (Å²) in [6.07, 6.45) is 3.71. The zero-order chi connectivity index (χ0) is 20.1. The van der Waals surface area contributed by atoms with E-state index in [9.17, 15) is 4.79 Å². The third kappa shape index (κ3) is 7.69. The number of hydrogen-bond acceptors (Lipinski definition) is 4. The van der Waals surface area contributed by atoms with Gasteiger partial charge in [-0.2, -0.15) is 0 Å². The Bertz CT molecular complexity index is 796. The highest BCUT2D eigenvalue weighted by Crippen LogP contribution is 2.41. The van der Waals surface area contributed by atoms with E-state index in [4.69, 9.17) is 9.84 Å². The van der Waals surface area contributed by atoms with Gasteiger partial charge in [0.25, 0.3) is 0 Å². The van der Waals surface area contributed by atoms with Crippen molar-refractivity contribution in [1.29, 1.82) is 0 Å². The van der Waals surface area contributed by atoms with Crippen molar-refractivity contribution in [3.8, 4) is 5.75 Å². The zero-order valence-electron chi connectivity index (χ0n) is 17.6. The first-order valence-corrected chi connectivity index (χ1v) is 10.6. The molecule has 0 spiro atoms. The molecule has 1 saturated carbocycles. The van der Waals surface area contributed by atoms with Gasteiger partial charge in [-0.3, -0.25) is 9.69 Å². The van der Waals surface area contributed by atoms with E-state index < -0.39 is 5.97 Å². The van der Waals surface area contributed by atoms with E-state index >= 15 is 0 Å². The van der Waals surface area contributed by atoms with Gasteiger partial charge in [0.05, 0.1) is 6.42 Å². The van der Waals surface area contributed by atoms with Gasteiger partial charge in [-0.05, 0) is 55.6 Å². The van der Waals surface area contributed by atoms with Crippen LogP contribution in [0.1, 0.15) is 36.3 Å². The van der Waals surface area contributed by atoms with Gasteiger partial charge in [-0.1, -0.05) is 42.5 Å². The van der Waals surface area contributed by atoms with Crippen LogP contribution in [0.15, 0.2) is 54.6 Å². The summed E-state index contributed by atoms with van der Waals surface area (Å²) in [6, 6.07) is 19.5. The van der Waals surface area contributed by atoms with Gasteiger partial charge in [-0.15, -0.1) is 24.8 Å². The Morgan fingerprint density at radius 1 is 1.03 bits per heavy atom. The molecule has 2 fully saturated rings. The van der Waals surface area contributed by atoms with Gasteiger partial charge in [0, 0.05) is 24.5 Å². The first kappa shape index (κ1) is 25.5. The number of ether oxygens (including phenoxy) is 1. The molecule has 1 saturated heterocycles. The molecule has 2 aliphatic rings. The van der Waals surface area contributed by atoms with E-state index in [1.807, 2.05) is 24.3 Å². The van der Waals surface area contributed by atoms with Crippen molar-refractivity contribution in [1.82, 2.24) is 10.2 Å². The molecular formula is C24H32Cl2N2O3. The Hall–Kier alpha value is -1.79. The first-order valence-electron chi connectivity index (χ1n) is 10.6. The molecule has 7 heteroatoms. The summed E-state index contributed by atoms with van der Waals surface area (Å²) >= 11 is 0. The number of carboxylic acid groups (broad SMARTS) is 1. The Kier molecular flexibility index (Phi) is 10.1. The normalized spacial score (nSPS) is 20.9. The number of hydrogen-bond donors (Lipinski definition) is 2. The summed E-state index contributed by atoms with van der Waals surface area (Å²) in [5.74, 6) is 0.690. The van der Waals surface area contributed by atoms with Crippen LogP contribution in [0.4, 0.5) is 0 Å². The minimum absolute atomic E-state index is 0. The number of rotatable bonds is 9. The number of piperidine rings is 1. The number of likely N-dealkylation sites (tertiary alicyclic amines) is 1. The molecule has 5 nitrogen and oxygen atoms in total. The highest BCUT2D eigenvalue weighted by atomic mass is 35.5. The van der Waals surface area contributed by atoms with Crippen LogP contribution in [0, 0.1) is 0 Å². The lowest BCUT2D eigenvalue weighted by atomic mass is 10.0. The molecule has 1 aliphatic heterocycles. The molecule has 2 aromatic rings. The molecule has 4 rings (SSSR count). The van der Waals surface area contributed by atoms with Crippen molar-refractivity contribution in [2.45, 2.75) is 43.7 Å². The first-order chi connectivity index (χ1) is 14.2. The smallest absolute Gasteiger partial charge is 0.307 e. The van der Waals surface area contributed by atoms with Crippen molar-refractivity contribution in [3.63, 3.8) is 0 Å². The maximum absolute atomic E-state index is 10.7. The summed E-state index contributed by atoms with van der Waals surface area (Å²) in [7, 11) is 0. The van der Waals surface area contributed by atoms with E-state index in [2.05, 4.69) is 40.5 Å². The second-order valence-electron chi connectivity index (χ2n) is 8.20. The molecule has 0 radical (unpaired) electrons. The Balaban J connectivity index is 0.00000171. The average Bonchev–Trinajstić information content (AvgIpc) is 3.50. The van der Waals surface area contributed by atoms with Crippen LogP contribution in [0.25, 0.3) is 0 Å². The molecule has 0 bridgehead atoms. The highest BCUT2D eigenvalue weighted by Gasteiger charge is 2.39.